The van der Waals surface area contributed by atoms with Crippen LogP contribution in [-0.2, 0) is 0 Å². The van der Waals surface area contributed by atoms with Crippen LogP contribution in [0.15, 0.2) is 0 Å². The first-order valence-corrected chi connectivity index (χ1v) is 3.42. The summed E-state index contributed by atoms with van der Waals surface area (Å²) in [5, 5.41) is 2.10. The van der Waals surface area contributed by atoms with Gasteiger partial charge in [-0.1, -0.05) is 6.92 Å². The summed E-state index contributed by atoms with van der Waals surface area (Å²) >= 11 is 0. The van der Waals surface area contributed by atoms with E-state index in [9.17, 15) is 0 Å². The molecule has 0 aromatic rings. The van der Waals surface area contributed by atoms with Crippen LogP contribution < -0.4 is 11.2 Å². The lowest BCUT2D eigenvalue weighted by Gasteiger charge is -2.24. The summed E-state index contributed by atoms with van der Waals surface area (Å²) in [7, 11) is 0. The maximum atomic E-state index is 5.29. The zero-order valence-corrected chi connectivity index (χ0v) is 6.52. The third-order valence-electron chi connectivity index (χ3n) is 1.26. The van der Waals surface area contributed by atoms with E-state index >= 15 is 0 Å². The SMILES string of the molecule is CCN(NCN)C(C)C. The molecule has 0 atom stereocenters. The summed E-state index contributed by atoms with van der Waals surface area (Å²) in [5.41, 5.74) is 8.33. The molecule has 3 heteroatoms. The van der Waals surface area contributed by atoms with E-state index in [2.05, 4.69) is 31.2 Å². The minimum Gasteiger partial charge on any atom is -0.317 e. The quantitative estimate of drug-likeness (QED) is 0.421. The van der Waals surface area contributed by atoms with Crippen molar-refractivity contribution in [1.82, 2.24) is 10.4 Å². The van der Waals surface area contributed by atoms with Gasteiger partial charge in [0.05, 0.1) is 6.67 Å². The summed E-state index contributed by atoms with van der Waals surface area (Å²) in [4.78, 5) is 0. The fourth-order valence-corrected chi connectivity index (χ4v) is 0.777. The topological polar surface area (TPSA) is 41.3 Å². The second-order valence-electron chi connectivity index (χ2n) is 2.24. The standard InChI is InChI=1S/C6H17N3/c1-4-9(6(2)3)8-5-7/h6,8H,4-5,7H2,1-3H3. The van der Waals surface area contributed by atoms with Gasteiger partial charge in [0.1, 0.15) is 0 Å². The first-order valence-electron chi connectivity index (χ1n) is 3.42. The molecular formula is C6H17N3. The molecule has 3 N–H and O–H groups in total. The summed E-state index contributed by atoms with van der Waals surface area (Å²) in [6.07, 6.45) is 0. The molecule has 9 heavy (non-hydrogen) atoms. The summed E-state index contributed by atoms with van der Waals surface area (Å²) in [6, 6.07) is 0.526. The fourth-order valence-electron chi connectivity index (χ4n) is 0.777. The fraction of sp³-hybridized carbons (Fsp3) is 1.00. The van der Waals surface area contributed by atoms with Crippen molar-refractivity contribution in [3.63, 3.8) is 0 Å². The van der Waals surface area contributed by atoms with Crippen LogP contribution in [0.4, 0.5) is 0 Å². The number of hydrogen-bond acceptors (Lipinski definition) is 3. The number of nitrogens with two attached hydrogens (primary N) is 1. The van der Waals surface area contributed by atoms with E-state index in [0.29, 0.717) is 12.7 Å². The molecule has 0 heterocycles. The number of hydrogen-bond donors (Lipinski definition) is 2. The zero-order chi connectivity index (χ0) is 7.28. The van der Waals surface area contributed by atoms with E-state index in [0.717, 1.165) is 6.54 Å². The van der Waals surface area contributed by atoms with Crippen LogP contribution in [0.25, 0.3) is 0 Å². The number of rotatable bonds is 4. The van der Waals surface area contributed by atoms with Crippen LogP contribution >= 0.6 is 0 Å². The Balaban J connectivity index is 3.41. The highest BCUT2D eigenvalue weighted by Gasteiger charge is 2.02. The molecule has 0 spiro atoms. The first kappa shape index (κ1) is 8.88. The molecular weight excluding hydrogens is 114 g/mol. The highest BCUT2D eigenvalue weighted by molar-refractivity contribution is 4.52. The average Bonchev–Trinajstić information content (AvgIpc) is 1.82. The zero-order valence-electron chi connectivity index (χ0n) is 6.52. The van der Waals surface area contributed by atoms with Gasteiger partial charge in [0, 0.05) is 12.6 Å². The van der Waals surface area contributed by atoms with E-state index < -0.39 is 0 Å². The molecule has 3 nitrogen and oxygen atoms in total. The van der Waals surface area contributed by atoms with E-state index in [1.54, 1.807) is 0 Å². The second kappa shape index (κ2) is 4.73. The largest absolute Gasteiger partial charge is 0.317 e. The third-order valence-corrected chi connectivity index (χ3v) is 1.26. The lowest BCUT2D eigenvalue weighted by molar-refractivity contribution is 0.155. The molecule has 0 saturated heterocycles. The summed E-state index contributed by atoms with van der Waals surface area (Å²) in [6.45, 7) is 7.88. The molecule has 0 amide bonds. The van der Waals surface area contributed by atoms with Crippen molar-refractivity contribution in [3.8, 4) is 0 Å². The van der Waals surface area contributed by atoms with Crippen molar-refractivity contribution < 1.29 is 0 Å². The molecule has 0 fully saturated rings. The monoisotopic (exact) mass is 131 g/mol. The van der Waals surface area contributed by atoms with Crippen molar-refractivity contribution >= 4 is 0 Å². The van der Waals surface area contributed by atoms with E-state index in [1.807, 2.05) is 0 Å². The Morgan fingerprint density at radius 3 is 2.22 bits per heavy atom. The van der Waals surface area contributed by atoms with Gasteiger partial charge < -0.3 is 5.73 Å². The Bertz CT molecular complexity index is 63.3. The first-order chi connectivity index (χ1) is 4.22. The Morgan fingerprint density at radius 1 is 1.56 bits per heavy atom. The van der Waals surface area contributed by atoms with Gasteiger partial charge in [-0.25, -0.2) is 10.4 Å². The molecule has 0 aromatic carbocycles. The van der Waals surface area contributed by atoms with Gasteiger partial charge in [0.15, 0.2) is 0 Å². The van der Waals surface area contributed by atoms with E-state index in [4.69, 9.17) is 5.73 Å². The van der Waals surface area contributed by atoms with Crippen LogP contribution in [0.1, 0.15) is 20.8 Å². The normalized spacial score (nSPS) is 11.3. The van der Waals surface area contributed by atoms with E-state index in [-0.39, 0.29) is 0 Å². The van der Waals surface area contributed by atoms with Gasteiger partial charge in [0.25, 0.3) is 0 Å². The van der Waals surface area contributed by atoms with Crippen molar-refractivity contribution in [2.24, 2.45) is 5.73 Å². The van der Waals surface area contributed by atoms with Gasteiger partial charge in [-0.05, 0) is 13.8 Å². The van der Waals surface area contributed by atoms with Gasteiger partial charge >= 0.3 is 0 Å². The van der Waals surface area contributed by atoms with Crippen molar-refractivity contribution in [2.45, 2.75) is 26.8 Å². The molecule has 0 aliphatic heterocycles. The van der Waals surface area contributed by atoms with Crippen LogP contribution in [0.3, 0.4) is 0 Å². The van der Waals surface area contributed by atoms with Gasteiger partial charge in [-0.3, -0.25) is 0 Å². The van der Waals surface area contributed by atoms with Crippen LogP contribution in [0.5, 0.6) is 0 Å². The molecule has 0 aliphatic carbocycles. The van der Waals surface area contributed by atoms with Crippen molar-refractivity contribution in [2.75, 3.05) is 13.2 Å². The maximum absolute atomic E-state index is 5.29. The Labute approximate surface area is 57.2 Å². The second-order valence-corrected chi connectivity index (χ2v) is 2.24. The molecule has 0 aliphatic rings. The highest BCUT2D eigenvalue weighted by atomic mass is 15.5. The van der Waals surface area contributed by atoms with Crippen LogP contribution in [0.2, 0.25) is 0 Å². The van der Waals surface area contributed by atoms with Crippen molar-refractivity contribution in [1.29, 1.82) is 0 Å². The molecule has 0 saturated carbocycles. The number of nitrogens with zero attached hydrogens (tertiary/aromatic N) is 1. The predicted octanol–water partition coefficient (Wildman–Crippen LogP) is 0.137. The summed E-state index contributed by atoms with van der Waals surface area (Å²) in [5.74, 6) is 0. The Hall–Kier alpha value is -0.120. The van der Waals surface area contributed by atoms with E-state index in [1.165, 1.54) is 0 Å². The Morgan fingerprint density at radius 2 is 2.11 bits per heavy atom. The maximum Gasteiger partial charge on any atom is 0.0567 e. The number of hydrazine groups is 1. The minimum absolute atomic E-state index is 0.520. The lowest BCUT2D eigenvalue weighted by Crippen LogP contribution is -2.45. The molecule has 0 bridgehead atoms. The van der Waals surface area contributed by atoms with Crippen molar-refractivity contribution in [3.05, 3.63) is 0 Å². The average molecular weight is 131 g/mol. The number of nitrogens with one attached hydrogen (secondary N) is 1. The minimum atomic E-state index is 0.520. The van der Waals surface area contributed by atoms with Crippen LogP contribution in [0, 0.1) is 0 Å². The molecule has 0 rings (SSSR count). The molecule has 56 valence electrons. The Kier molecular flexibility index (Phi) is 4.67. The highest BCUT2D eigenvalue weighted by Crippen LogP contribution is 1.89. The molecule has 0 aromatic heterocycles. The third kappa shape index (κ3) is 3.46. The van der Waals surface area contributed by atoms with Gasteiger partial charge in [0.2, 0.25) is 0 Å². The van der Waals surface area contributed by atoms with Gasteiger partial charge in [-0.2, -0.15) is 0 Å². The molecule has 0 unspecified atom stereocenters. The van der Waals surface area contributed by atoms with Crippen LogP contribution in [-0.4, -0.2) is 24.3 Å². The van der Waals surface area contributed by atoms with Gasteiger partial charge in [-0.15, -0.1) is 0 Å². The smallest absolute Gasteiger partial charge is 0.0567 e. The predicted molar refractivity (Wildman–Crippen MR) is 39.7 cm³/mol. The summed E-state index contributed by atoms with van der Waals surface area (Å²) < 4.78 is 0. The lowest BCUT2D eigenvalue weighted by atomic mass is 10.4. The molecule has 0 radical (unpaired) electrons.